The molecule has 1 aromatic carbocycles. The van der Waals surface area contributed by atoms with Gasteiger partial charge in [-0.1, -0.05) is 44.5 Å². The van der Waals surface area contributed by atoms with Crippen molar-refractivity contribution in [2.45, 2.75) is 32.6 Å². The Kier molecular flexibility index (Phi) is 6.06. The Morgan fingerprint density at radius 2 is 2.25 bits per heavy atom. The number of nitrogens with one attached hydrogen (secondary N) is 1. The van der Waals surface area contributed by atoms with Crippen LogP contribution in [0.1, 0.15) is 26.3 Å². The van der Waals surface area contributed by atoms with E-state index in [-0.39, 0.29) is 0 Å². The summed E-state index contributed by atoms with van der Waals surface area (Å²) in [5.74, 6) is 1.86. The molecule has 112 valence electrons. The predicted molar refractivity (Wildman–Crippen MR) is 92.1 cm³/mol. The van der Waals surface area contributed by atoms with E-state index in [1.807, 2.05) is 17.8 Å². The first kappa shape index (κ1) is 16.0. The van der Waals surface area contributed by atoms with Crippen molar-refractivity contribution in [3.05, 3.63) is 28.8 Å². The molecule has 1 heterocycles. The zero-order valence-electron chi connectivity index (χ0n) is 12.7. The Balaban J connectivity index is 2.13. The van der Waals surface area contributed by atoms with Crippen LogP contribution in [0, 0.1) is 5.92 Å². The highest BCUT2D eigenvalue weighted by Crippen LogP contribution is 2.33. The van der Waals surface area contributed by atoms with Crippen LogP contribution in [0.3, 0.4) is 0 Å². The summed E-state index contributed by atoms with van der Waals surface area (Å²) in [6.07, 6.45) is 0. The molecule has 0 aromatic heterocycles. The fourth-order valence-corrected chi connectivity index (χ4v) is 3.90. The maximum absolute atomic E-state index is 6.48. The molecule has 1 N–H and O–H groups in total. The second-order valence-electron chi connectivity index (χ2n) is 5.90. The molecule has 0 radical (unpaired) electrons. The fraction of sp³-hybridized carbons (Fsp3) is 0.625. The van der Waals surface area contributed by atoms with Gasteiger partial charge in [-0.2, -0.15) is 11.8 Å². The number of thioether (sulfide) groups is 1. The number of benzene rings is 1. The Morgan fingerprint density at radius 1 is 1.45 bits per heavy atom. The number of para-hydroxylation sites is 1. The molecule has 0 bridgehead atoms. The standard InChI is InChI=1S/C16H25ClN2S/c1-12(2)9-18-10-14-5-4-6-15(17)16(14)19-7-8-20-13(3)11-19/h4-6,12-13,18H,7-11H2,1-3H3. The summed E-state index contributed by atoms with van der Waals surface area (Å²) < 4.78 is 0. The minimum Gasteiger partial charge on any atom is -0.368 e. The van der Waals surface area contributed by atoms with Gasteiger partial charge >= 0.3 is 0 Å². The van der Waals surface area contributed by atoms with Crippen molar-refractivity contribution in [1.29, 1.82) is 0 Å². The average molecular weight is 313 g/mol. The van der Waals surface area contributed by atoms with Gasteiger partial charge in [0.05, 0.1) is 10.7 Å². The highest BCUT2D eigenvalue weighted by molar-refractivity contribution is 8.00. The Labute approximate surface area is 132 Å². The summed E-state index contributed by atoms with van der Waals surface area (Å²) in [5, 5.41) is 5.09. The summed E-state index contributed by atoms with van der Waals surface area (Å²) in [6, 6.07) is 6.26. The summed E-state index contributed by atoms with van der Waals surface area (Å²) in [6.45, 7) is 10.9. The molecule has 1 aliphatic heterocycles. The Morgan fingerprint density at radius 3 is 2.95 bits per heavy atom. The number of nitrogens with zero attached hydrogens (tertiary/aromatic N) is 1. The Bertz CT molecular complexity index is 436. The first-order valence-electron chi connectivity index (χ1n) is 7.42. The van der Waals surface area contributed by atoms with Crippen LogP contribution in [0.2, 0.25) is 5.02 Å². The lowest BCUT2D eigenvalue weighted by Crippen LogP contribution is -2.37. The predicted octanol–water partition coefficient (Wildman–Crippen LogP) is 4.03. The second-order valence-corrected chi connectivity index (χ2v) is 7.85. The molecule has 1 unspecified atom stereocenters. The number of halogens is 1. The van der Waals surface area contributed by atoms with Crippen LogP contribution in [0.5, 0.6) is 0 Å². The number of hydrogen-bond acceptors (Lipinski definition) is 3. The van der Waals surface area contributed by atoms with Crippen LogP contribution in [-0.2, 0) is 6.54 Å². The van der Waals surface area contributed by atoms with Crippen LogP contribution in [-0.4, -0.2) is 30.6 Å². The molecule has 4 heteroatoms. The minimum atomic E-state index is 0.670. The van der Waals surface area contributed by atoms with Crippen molar-refractivity contribution < 1.29 is 0 Å². The first-order chi connectivity index (χ1) is 9.58. The number of rotatable bonds is 5. The highest BCUT2D eigenvalue weighted by atomic mass is 35.5. The molecule has 0 saturated carbocycles. The van der Waals surface area contributed by atoms with E-state index in [2.05, 4.69) is 43.1 Å². The van der Waals surface area contributed by atoms with Crippen LogP contribution < -0.4 is 10.2 Å². The van der Waals surface area contributed by atoms with Crippen molar-refractivity contribution in [2.24, 2.45) is 5.92 Å². The van der Waals surface area contributed by atoms with Gasteiger partial charge < -0.3 is 10.2 Å². The van der Waals surface area contributed by atoms with Gasteiger partial charge in [0.2, 0.25) is 0 Å². The fourth-order valence-electron chi connectivity index (χ4n) is 2.57. The first-order valence-corrected chi connectivity index (χ1v) is 8.85. The van der Waals surface area contributed by atoms with Crippen molar-refractivity contribution in [3.63, 3.8) is 0 Å². The smallest absolute Gasteiger partial charge is 0.0642 e. The number of hydrogen-bond donors (Lipinski definition) is 1. The average Bonchev–Trinajstić information content (AvgIpc) is 2.38. The van der Waals surface area contributed by atoms with E-state index in [1.54, 1.807) is 0 Å². The lowest BCUT2D eigenvalue weighted by molar-refractivity contribution is 0.552. The molecule has 0 spiro atoms. The van der Waals surface area contributed by atoms with E-state index in [9.17, 15) is 0 Å². The van der Waals surface area contributed by atoms with Gasteiger partial charge in [-0.05, 0) is 24.1 Å². The van der Waals surface area contributed by atoms with Gasteiger partial charge in [0.1, 0.15) is 0 Å². The quantitative estimate of drug-likeness (QED) is 0.884. The largest absolute Gasteiger partial charge is 0.368 e. The van der Waals surface area contributed by atoms with E-state index >= 15 is 0 Å². The van der Waals surface area contributed by atoms with E-state index in [0.717, 1.165) is 31.2 Å². The van der Waals surface area contributed by atoms with Crippen molar-refractivity contribution in [3.8, 4) is 0 Å². The molecule has 1 aromatic rings. The highest BCUT2D eigenvalue weighted by Gasteiger charge is 2.21. The van der Waals surface area contributed by atoms with Crippen molar-refractivity contribution in [2.75, 3.05) is 30.3 Å². The van der Waals surface area contributed by atoms with Gasteiger partial charge in [0.15, 0.2) is 0 Å². The van der Waals surface area contributed by atoms with E-state index in [4.69, 9.17) is 11.6 Å². The molecular formula is C16H25ClN2S. The second kappa shape index (κ2) is 7.58. The molecule has 0 aliphatic carbocycles. The molecular weight excluding hydrogens is 288 g/mol. The summed E-state index contributed by atoms with van der Waals surface area (Å²) in [4.78, 5) is 2.45. The van der Waals surface area contributed by atoms with Crippen molar-refractivity contribution >= 4 is 29.1 Å². The molecule has 1 saturated heterocycles. The summed E-state index contributed by atoms with van der Waals surface area (Å²) in [7, 11) is 0. The Hall–Kier alpha value is -0.380. The molecule has 1 fully saturated rings. The number of anilines is 1. The molecule has 2 nitrogen and oxygen atoms in total. The monoisotopic (exact) mass is 312 g/mol. The third kappa shape index (κ3) is 4.31. The van der Waals surface area contributed by atoms with Gasteiger partial charge in [0, 0.05) is 30.6 Å². The molecule has 1 aliphatic rings. The third-order valence-electron chi connectivity index (χ3n) is 3.50. The molecule has 1 atom stereocenters. The van der Waals surface area contributed by atoms with Gasteiger partial charge in [-0.15, -0.1) is 0 Å². The zero-order chi connectivity index (χ0) is 14.5. The van der Waals surface area contributed by atoms with Crippen LogP contribution >= 0.6 is 23.4 Å². The molecule has 2 rings (SSSR count). The topological polar surface area (TPSA) is 15.3 Å². The van der Waals surface area contributed by atoms with Crippen LogP contribution in [0.4, 0.5) is 5.69 Å². The van der Waals surface area contributed by atoms with Crippen molar-refractivity contribution in [1.82, 2.24) is 5.32 Å². The maximum atomic E-state index is 6.48. The van der Waals surface area contributed by atoms with E-state index in [0.29, 0.717) is 11.2 Å². The van der Waals surface area contributed by atoms with Gasteiger partial charge in [-0.25, -0.2) is 0 Å². The van der Waals surface area contributed by atoms with E-state index < -0.39 is 0 Å². The van der Waals surface area contributed by atoms with Crippen LogP contribution in [0.15, 0.2) is 18.2 Å². The van der Waals surface area contributed by atoms with Gasteiger partial charge in [-0.3, -0.25) is 0 Å². The maximum Gasteiger partial charge on any atom is 0.0642 e. The lowest BCUT2D eigenvalue weighted by Gasteiger charge is -2.34. The SMILES string of the molecule is CC(C)CNCc1cccc(Cl)c1N1CCSC(C)C1. The van der Waals surface area contributed by atoms with E-state index in [1.165, 1.54) is 17.0 Å². The summed E-state index contributed by atoms with van der Waals surface area (Å²) in [5.41, 5.74) is 2.55. The normalized spacial score (nSPS) is 19.6. The third-order valence-corrected chi connectivity index (χ3v) is 4.94. The molecule has 20 heavy (non-hydrogen) atoms. The zero-order valence-corrected chi connectivity index (χ0v) is 14.2. The van der Waals surface area contributed by atoms with Gasteiger partial charge in [0.25, 0.3) is 0 Å². The van der Waals surface area contributed by atoms with Crippen LogP contribution in [0.25, 0.3) is 0 Å². The minimum absolute atomic E-state index is 0.670. The lowest BCUT2D eigenvalue weighted by atomic mass is 10.1. The molecule has 0 amide bonds. The summed E-state index contributed by atoms with van der Waals surface area (Å²) >= 11 is 8.53.